The fraction of sp³-hybridized carbons (Fsp3) is 0.800. The Morgan fingerprint density at radius 3 is 2.15 bits per heavy atom. The van der Waals surface area contributed by atoms with Crippen molar-refractivity contribution in [2.24, 2.45) is 0 Å². The van der Waals surface area contributed by atoms with Crippen LogP contribution in [0.25, 0.3) is 0 Å². The van der Waals surface area contributed by atoms with Crippen LogP contribution < -0.4 is 0 Å². The maximum atomic E-state index is 4.98. The minimum atomic E-state index is 0.731. The SMILES string of the molecule is C=C(C)OCC.CCCCCO[SiH3]. The van der Waals surface area contributed by atoms with Crippen LogP contribution in [0.4, 0.5) is 0 Å². The molecule has 0 aliphatic heterocycles. The molecule has 0 aromatic heterocycles. The van der Waals surface area contributed by atoms with E-state index >= 15 is 0 Å². The topological polar surface area (TPSA) is 18.5 Å². The third-order valence-corrected chi connectivity index (χ3v) is 1.75. The zero-order valence-corrected chi connectivity index (χ0v) is 11.6. The number of allylic oxidation sites excluding steroid dienone is 1. The molecule has 0 saturated heterocycles. The molecule has 0 amide bonds. The van der Waals surface area contributed by atoms with Gasteiger partial charge in [-0.15, -0.1) is 0 Å². The second-order valence-electron chi connectivity index (χ2n) is 2.83. The highest BCUT2D eigenvalue weighted by Crippen LogP contribution is 1.91. The van der Waals surface area contributed by atoms with E-state index in [4.69, 9.17) is 9.16 Å². The van der Waals surface area contributed by atoms with E-state index in [0.717, 1.165) is 29.5 Å². The first-order chi connectivity index (χ1) is 6.18. The van der Waals surface area contributed by atoms with Gasteiger partial charge in [-0.2, -0.15) is 0 Å². The first kappa shape index (κ1) is 15.2. The van der Waals surface area contributed by atoms with E-state index in [0.29, 0.717) is 0 Å². The lowest BCUT2D eigenvalue weighted by Crippen LogP contribution is -1.87. The van der Waals surface area contributed by atoms with Gasteiger partial charge in [-0.1, -0.05) is 26.3 Å². The molecule has 2 nitrogen and oxygen atoms in total. The van der Waals surface area contributed by atoms with Gasteiger partial charge in [0.05, 0.1) is 12.4 Å². The molecule has 0 spiro atoms. The molecule has 0 aromatic rings. The highest BCUT2D eigenvalue weighted by molar-refractivity contribution is 5.97. The van der Waals surface area contributed by atoms with Crippen molar-refractivity contribution in [3.8, 4) is 0 Å². The fourth-order valence-electron chi connectivity index (χ4n) is 0.743. The molecule has 80 valence electrons. The largest absolute Gasteiger partial charge is 0.499 e. The average Bonchev–Trinajstić information content (AvgIpc) is 2.06. The second kappa shape index (κ2) is 14.3. The molecule has 0 radical (unpaired) electrons. The van der Waals surface area contributed by atoms with E-state index in [2.05, 4.69) is 13.5 Å². The molecule has 3 heteroatoms. The number of ether oxygens (including phenoxy) is 1. The Morgan fingerprint density at radius 2 is 1.92 bits per heavy atom. The molecular formula is C10H24O2Si. The Morgan fingerprint density at radius 1 is 1.31 bits per heavy atom. The number of hydrogen-bond donors (Lipinski definition) is 0. The first-order valence-corrected chi connectivity index (χ1v) is 5.77. The van der Waals surface area contributed by atoms with Gasteiger partial charge in [0, 0.05) is 6.61 Å². The molecular weight excluding hydrogens is 180 g/mol. The van der Waals surface area contributed by atoms with E-state index in [1.807, 2.05) is 13.8 Å². The molecule has 0 atom stereocenters. The zero-order chi connectivity index (χ0) is 10.5. The maximum absolute atomic E-state index is 4.98. The van der Waals surface area contributed by atoms with Gasteiger partial charge in [-0.3, -0.25) is 0 Å². The molecule has 0 aliphatic rings. The fourth-order valence-corrected chi connectivity index (χ4v) is 1.03. The molecule has 0 unspecified atom stereocenters. The van der Waals surface area contributed by atoms with Gasteiger partial charge in [0.2, 0.25) is 0 Å². The predicted molar refractivity (Wildman–Crippen MR) is 61.9 cm³/mol. The summed E-state index contributed by atoms with van der Waals surface area (Å²) in [5.74, 6) is 0.789. The number of unbranched alkanes of at least 4 members (excludes halogenated alkanes) is 2. The highest BCUT2D eigenvalue weighted by Gasteiger charge is 1.79. The van der Waals surface area contributed by atoms with Crippen LogP contribution in [-0.4, -0.2) is 23.7 Å². The number of rotatable bonds is 6. The summed E-state index contributed by atoms with van der Waals surface area (Å²) >= 11 is 0. The number of hydrogen-bond acceptors (Lipinski definition) is 2. The van der Waals surface area contributed by atoms with Crippen molar-refractivity contribution in [1.82, 2.24) is 0 Å². The average molecular weight is 204 g/mol. The van der Waals surface area contributed by atoms with Crippen LogP contribution >= 0.6 is 0 Å². The summed E-state index contributed by atoms with van der Waals surface area (Å²) in [7, 11) is 0.906. The van der Waals surface area contributed by atoms with Crippen molar-refractivity contribution in [2.45, 2.75) is 40.0 Å². The molecule has 0 aromatic carbocycles. The standard InChI is InChI=1S/C5H14OSi.C5H10O/c1-2-3-4-5-6-7;1-4-6-5(2)3/h2-5H2,1,7H3;2,4H2,1,3H3. The summed E-state index contributed by atoms with van der Waals surface area (Å²) in [6, 6.07) is 0. The van der Waals surface area contributed by atoms with Gasteiger partial charge in [-0.25, -0.2) is 0 Å². The van der Waals surface area contributed by atoms with Crippen LogP contribution in [0, 0.1) is 0 Å². The minimum Gasteiger partial charge on any atom is -0.499 e. The lowest BCUT2D eigenvalue weighted by atomic mass is 10.3. The summed E-state index contributed by atoms with van der Waals surface area (Å²) in [6.07, 6.45) is 3.87. The monoisotopic (exact) mass is 204 g/mol. The van der Waals surface area contributed by atoms with Gasteiger partial charge >= 0.3 is 0 Å². The van der Waals surface area contributed by atoms with E-state index in [9.17, 15) is 0 Å². The van der Waals surface area contributed by atoms with E-state index in [-0.39, 0.29) is 0 Å². The van der Waals surface area contributed by atoms with Gasteiger partial charge in [-0.05, 0) is 20.3 Å². The van der Waals surface area contributed by atoms with Crippen molar-refractivity contribution >= 4 is 10.5 Å². The Kier molecular flexibility index (Phi) is 16.7. The summed E-state index contributed by atoms with van der Waals surface area (Å²) < 4.78 is 9.83. The van der Waals surface area contributed by atoms with E-state index in [1.165, 1.54) is 19.3 Å². The Hall–Kier alpha value is -0.283. The Balaban J connectivity index is 0. The summed E-state index contributed by atoms with van der Waals surface area (Å²) in [6.45, 7) is 11.2. The zero-order valence-electron chi connectivity index (χ0n) is 9.56. The normalized spacial score (nSPS) is 8.85. The van der Waals surface area contributed by atoms with Crippen LogP contribution in [0.3, 0.4) is 0 Å². The van der Waals surface area contributed by atoms with Crippen molar-refractivity contribution in [3.63, 3.8) is 0 Å². The quantitative estimate of drug-likeness (QED) is 0.374. The molecule has 0 aliphatic carbocycles. The van der Waals surface area contributed by atoms with Crippen LogP contribution in [0.15, 0.2) is 12.3 Å². The van der Waals surface area contributed by atoms with E-state index < -0.39 is 0 Å². The Labute approximate surface area is 85.9 Å². The van der Waals surface area contributed by atoms with Crippen LogP contribution in [0.2, 0.25) is 0 Å². The van der Waals surface area contributed by atoms with Crippen LogP contribution in [0.5, 0.6) is 0 Å². The summed E-state index contributed by atoms with van der Waals surface area (Å²) in [4.78, 5) is 0. The molecule has 0 rings (SSSR count). The van der Waals surface area contributed by atoms with Crippen LogP contribution in [0.1, 0.15) is 40.0 Å². The third kappa shape index (κ3) is 24.5. The van der Waals surface area contributed by atoms with Crippen molar-refractivity contribution in [1.29, 1.82) is 0 Å². The van der Waals surface area contributed by atoms with Gasteiger partial charge in [0.15, 0.2) is 0 Å². The lowest BCUT2D eigenvalue weighted by molar-refractivity contribution is 0.233. The first-order valence-electron chi connectivity index (χ1n) is 4.96. The summed E-state index contributed by atoms with van der Waals surface area (Å²) in [5.41, 5.74) is 0. The Bertz CT molecular complexity index is 101. The molecule has 0 N–H and O–H groups in total. The second-order valence-corrected chi connectivity index (χ2v) is 3.41. The van der Waals surface area contributed by atoms with Crippen molar-refractivity contribution in [3.05, 3.63) is 12.3 Å². The molecule has 0 fully saturated rings. The van der Waals surface area contributed by atoms with Gasteiger partial charge in [0.25, 0.3) is 0 Å². The van der Waals surface area contributed by atoms with Gasteiger partial charge < -0.3 is 9.16 Å². The molecule has 0 heterocycles. The molecule has 0 saturated carbocycles. The maximum Gasteiger partial charge on any atom is 0.145 e. The van der Waals surface area contributed by atoms with E-state index in [1.54, 1.807) is 0 Å². The third-order valence-electron chi connectivity index (χ3n) is 1.34. The highest BCUT2D eigenvalue weighted by atomic mass is 28.2. The van der Waals surface area contributed by atoms with Crippen molar-refractivity contribution in [2.75, 3.05) is 13.2 Å². The predicted octanol–water partition coefficient (Wildman–Crippen LogP) is 2.03. The minimum absolute atomic E-state index is 0.731. The van der Waals surface area contributed by atoms with Gasteiger partial charge in [0.1, 0.15) is 10.5 Å². The van der Waals surface area contributed by atoms with Crippen molar-refractivity contribution < 1.29 is 9.16 Å². The van der Waals surface area contributed by atoms with Crippen LogP contribution in [-0.2, 0) is 9.16 Å². The molecule has 0 bridgehead atoms. The summed E-state index contributed by atoms with van der Waals surface area (Å²) in [5, 5.41) is 0. The lowest BCUT2D eigenvalue weighted by Gasteiger charge is -1.95. The molecule has 13 heavy (non-hydrogen) atoms. The smallest absolute Gasteiger partial charge is 0.145 e.